The van der Waals surface area contributed by atoms with Gasteiger partial charge in [-0.1, -0.05) is 30.3 Å². The Kier molecular flexibility index (Phi) is 6.64. The van der Waals surface area contributed by atoms with Crippen LogP contribution in [0.15, 0.2) is 42.1 Å². The molecule has 116 valence electrons. The number of nitrogens with one attached hydrogen (secondary N) is 1. The summed E-state index contributed by atoms with van der Waals surface area (Å²) in [7, 11) is 0. The molecule has 1 amide bonds. The van der Waals surface area contributed by atoms with Gasteiger partial charge in [0.1, 0.15) is 18.2 Å². The smallest absolute Gasteiger partial charge is 0.322 e. The van der Waals surface area contributed by atoms with E-state index in [9.17, 15) is 9.59 Å². The number of nitriles is 1. The van der Waals surface area contributed by atoms with Crippen LogP contribution in [0.4, 0.5) is 0 Å². The van der Waals surface area contributed by atoms with Crippen molar-refractivity contribution in [3.05, 3.63) is 47.7 Å². The molecule has 1 aromatic rings. The number of carbonyl (C=O) groups excluding carboxylic acids is 1. The lowest BCUT2D eigenvalue weighted by Gasteiger charge is -2.25. The summed E-state index contributed by atoms with van der Waals surface area (Å²) in [6, 6.07) is 11.6. The van der Waals surface area contributed by atoms with Crippen LogP contribution in [0.25, 0.3) is 0 Å². The molecule has 0 aromatic heterocycles. The van der Waals surface area contributed by atoms with E-state index < -0.39 is 18.4 Å². The van der Waals surface area contributed by atoms with E-state index in [1.54, 1.807) is 0 Å². The van der Waals surface area contributed by atoms with Gasteiger partial charge < -0.3 is 15.3 Å². The van der Waals surface area contributed by atoms with E-state index in [4.69, 9.17) is 10.4 Å². The summed E-state index contributed by atoms with van der Waals surface area (Å²) >= 11 is 0. The highest BCUT2D eigenvalue weighted by Gasteiger charge is 2.14. The Morgan fingerprint density at radius 2 is 2.00 bits per heavy atom. The number of amides is 1. The summed E-state index contributed by atoms with van der Waals surface area (Å²) in [5, 5.41) is 19.8. The second-order valence-corrected chi connectivity index (χ2v) is 4.98. The molecule has 0 atom stereocenters. The topological polar surface area (TPSA) is 93.4 Å². The maximum Gasteiger partial charge on any atom is 0.322 e. The molecule has 0 spiro atoms. The summed E-state index contributed by atoms with van der Waals surface area (Å²) in [6.45, 7) is 3.93. The highest BCUT2D eigenvalue weighted by Crippen LogP contribution is 2.10. The highest BCUT2D eigenvalue weighted by atomic mass is 16.4. The third-order valence-electron chi connectivity index (χ3n) is 2.93. The normalized spacial score (nSPS) is 10.9. The monoisotopic (exact) mass is 301 g/mol. The number of nitrogens with zero attached hydrogens (tertiary/aromatic N) is 2. The van der Waals surface area contributed by atoms with E-state index in [0.29, 0.717) is 6.54 Å². The fourth-order valence-electron chi connectivity index (χ4n) is 1.73. The van der Waals surface area contributed by atoms with Crippen LogP contribution in [-0.4, -0.2) is 34.5 Å². The fourth-order valence-corrected chi connectivity index (χ4v) is 1.73. The van der Waals surface area contributed by atoms with Gasteiger partial charge in [0, 0.05) is 18.8 Å². The molecule has 1 aromatic carbocycles. The number of hydrogen-bond donors (Lipinski definition) is 2. The zero-order valence-corrected chi connectivity index (χ0v) is 12.6. The molecular formula is C16H19N3O3. The molecule has 0 bridgehead atoms. The first-order valence-electron chi connectivity index (χ1n) is 6.85. The van der Waals surface area contributed by atoms with E-state index >= 15 is 0 Å². The molecule has 0 saturated carbocycles. The van der Waals surface area contributed by atoms with Crippen molar-refractivity contribution in [1.82, 2.24) is 10.2 Å². The van der Waals surface area contributed by atoms with Crippen molar-refractivity contribution >= 4 is 11.9 Å². The average molecular weight is 301 g/mol. The van der Waals surface area contributed by atoms with Crippen molar-refractivity contribution in [2.75, 3.05) is 6.54 Å². The molecule has 0 aliphatic carbocycles. The Morgan fingerprint density at radius 3 is 2.50 bits per heavy atom. The number of aliphatic carboxylic acids is 1. The minimum Gasteiger partial charge on any atom is -0.480 e. The van der Waals surface area contributed by atoms with E-state index in [2.05, 4.69) is 5.32 Å². The molecule has 2 N–H and O–H groups in total. The van der Waals surface area contributed by atoms with Gasteiger partial charge in [0.2, 0.25) is 0 Å². The first-order chi connectivity index (χ1) is 10.4. The Bertz CT molecular complexity index is 588. The lowest BCUT2D eigenvalue weighted by molar-refractivity contribution is -0.137. The van der Waals surface area contributed by atoms with Gasteiger partial charge >= 0.3 is 5.97 Å². The van der Waals surface area contributed by atoms with Crippen LogP contribution in [0.3, 0.4) is 0 Å². The van der Waals surface area contributed by atoms with Crippen LogP contribution in [0.1, 0.15) is 19.4 Å². The predicted octanol–water partition coefficient (Wildman–Crippen LogP) is 1.51. The number of hydrogen-bond acceptors (Lipinski definition) is 4. The number of rotatable bonds is 7. The summed E-state index contributed by atoms with van der Waals surface area (Å²) < 4.78 is 0. The van der Waals surface area contributed by atoms with Crippen LogP contribution in [0, 0.1) is 11.3 Å². The van der Waals surface area contributed by atoms with Crippen LogP contribution in [0.2, 0.25) is 0 Å². The molecule has 0 fully saturated rings. The summed E-state index contributed by atoms with van der Waals surface area (Å²) in [6.07, 6.45) is 1.47. The standard InChI is InChI=1S/C16H19N3O3/c1-12(2)19(10-13-6-4-3-5-7-13)11-14(8-17)16(22)18-9-15(20)21/h3-7,11-12H,9-10H2,1-2H3,(H,18,22)(H,20,21)/b14-11-. The van der Waals surface area contributed by atoms with Crippen molar-refractivity contribution in [3.8, 4) is 6.07 Å². The first kappa shape index (κ1) is 17.2. The molecule has 6 nitrogen and oxygen atoms in total. The van der Waals surface area contributed by atoms with Gasteiger partial charge in [0.15, 0.2) is 0 Å². The molecule has 6 heteroatoms. The van der Waals surface area contributed by atoms with E-state index in [0.717, 1.165) is 5.56 Å². The van der Waals surface area contributed by atoms with Crippen molar-refractivity contribution in [1.29, 1.82) is 5.26 Å². The van der Waals surface area contributed by atoms with Gasteiger partial charge in [-0.3, -0.25) is 9.59 Å². The largest absolute Gasteiger partial charge is 0.480 e. The summed E-state index contributed by atoms with van der Waals surface area (Å²) in [5.74, 6) is -1.85. The van der Waals surface area contributed by atoms with E-state index in [1.807, 2.05) is 55.1 Å². The van der Waals surface area contributed by atoms with Gasteiger partial charge in [0.25, 0.3) is 5.91 Å². The Hall–Kier alpha value is -2.81. The second kappa shape index (κ2) is 8.47. The maximum absolute atomic E-state index is 11.8. The minimum absolute atomic E-state index is 0.0795. The molecule has 0 saturated heterocycles. The average Bonchev–Trinajstić information content (AvgIpc) is 2.49. The minimum atomic E-state index is -1.16. The zero-order valence-electron chi connectivity index (χ0n) is 12.6. The molecule has 0 aliphatic heterocycles. The zero-order chi connectivity index (χ0) is 16.5. The van der Waals surface area contributed by atoms with Crippen molar-refractivity contribution in [2.24, 2.45) is 0 Å². The second-order valence-electron chi connectivity index (χ2n) is 4.98. The van der Waals surface area contributed by atoms with Crippen molar-refractivity contribution in [2.45, 2.75) is 26.4 Å². The molecule has 0 unspecified atom stereocenters. The third kappa shape index (κ3) is 5.67. The van der Waals surface area contributed by atoms with Gasteiger partial charge in [-0.15, -0.1) is 0 Å². The first-order valence-corrected chi connectivity index (χ1v) is 6.85. The van der Waals surface area contributed by atoms with E-state index in [1.165, 1.54) is 6.20 Å². The lowest BCUT2D eigenvalue weighted by Crippen LogP contribution is -2.32. The molecule has 0 heterocycles. The molecule has 1 rings (SSSR count). The molecular weight excluding hydrogens is 282 g/mol. The number of carboxylic acids is 1. The van der Waals surface area contributed by atoms with Crippen LogP contribution in [-0.2, 0) is 16.1 Å². The molecule has 22 heavy (non-hydrogen) atoms. The summed E-state index contributed by atoms with van der Waals surface area (Å²) in [5.41, 5.74) is 0.932. The lowest BCUT2D eigenvalue weighted by atomic mass is 10.2. The van der Waals surface area contributed by atoms with Gasteiger partial charge in [-0.05, 0) is 19.4 Å². The Morgan fingerprint density at radius 1 is 1.36 bits per heavy atom. The van der Waals surface area contributed by atoms with Crippen molar-refractivity contribution < 1.29 is 14.7 Å². The fraction of sp³-hybridized carbons (Fsp3) is 0.312. The van der Waals surface area contributed by atoms with Crippen LogP contribution < -0.4 is 5.32 Å². The van der Waals surface area contributed by atoms with Gasteiger partial charge in [0.05, 0.1) is 0 Å². The van der Waals surface area contributed by atoms with Crippen molar-refractivity contribution in [3.63, 3.8) is 0 Å². The number of benzene rings is 1. The number of carbonyl (C=O) groups is 2. The Labute approximate surface area is 129 Å². The highest BCUT2D eigenvalue weighted by molar-refractivity contribution is 5.98. The van der Waals surface area contributed by atoms with E-state index in [-0.39, 0.29) is 11.6 Å². The van der Waals surface area contributed by atoms with Gasteiger partial charge in [-0.2, -0.15) is 5.26 Å². The Balaban J connectivity index is 2.87. The quantitative estimate of drug-likeness (QED) is 0.588. The third-order valence-corrected chi connectivity index (χ3v) is 2.93. The van der Waals surface area contributed by atoms with Gasteiger partial charge in [-0.25, -0.2) is 0 Å². The molecule has 0 radical (unpaired) electrons. The molecule has 0 aliphatic rings. The SMILES string of the molecule is CC(C)N(/C=C(/C#N)C(=O)NCC(=O)O)Cc1ccccc1. The maximum atomic E-state index is 11.8. The number of carboxylic acid groups (broad SMARTS) is 1. The van der Waals surface area contributed by atoms with Crippen LogP contribution >= 0.6 is 0 Å². The summed E-state index contributed by atoms with van der Waals surface area (Å²) in [4.78, 5) is 24.1. The predicted molar refractivity (Wildman–Crippen MR) is 81.5 cm³/mol. The van der Waals surface area contributed by atoms with Crippen LogP contribution in [0.5, 0.6) is 0 Å².